The molecule has 7 heteroatoms. The molecule has 0 saturated heterocycles. The monoisotopic (exact) mass is 387 g/mol. The molecule has 0 fully saturated rings. The summed E-state index contributed by atoms with van der Waals surface area (Å²) in [6, 6.07) is 11.3. The van der Waals surface area contributed by atoms with Crippen molar-refractivity contribution in [3.05, 3.63) is 70.1 Å². The first-order chi connectivity index (χ1) is 12.5. The summed E-state index contributed by atoms with van der Waals surface area (Å²) >= 11 is 12.0. The van der Waals surface area contributed by atoms with Crippen LogP contribution in [-0.2, 0) is 6.42 Å². The average molecular weight is 388 g/mol. The summed E-state index contributed by atoms with van der Waals surface area (Å²) in [5.74, 6) is 1.38. The molecule has 1 aromatic carbocycles. The maximum absolute atomic E-state index is 6.08. The number of pyridine rings is 1. The quantitative estimate of drug-likeness (QED) is 0.650. The summed E-state index contributed by atoms with van der Waals surface area (Å²) in [4.78, 5) is 15.2. The van der Waals surface area contributed by atoms with E-state index in [4.69, 9.17) is 23.2 Å². The zero-order valence-electron chi connectivity index (χ0n) is 14.6. The summed E-state index contributed by atoms with van der Waals surface area (Å²) in [5.41, 5.74) is 2.94. The van der Waals surface area contributed by atoms with Crippen molar-refractivity contribution in [1.29, 1.82) is 0 Å². The number of hydrogen-bond acceptors (Lipinski definition) is 5. The number of halogens is 2. The number of rotatable bonds is 6. The van der Waals surface area contributed by atoms with Gasteiger partial charge in [-0.15, -0.1) is 0 Å². The highest BCUT2D eigenvalue weighted by atomic mass is 35.5. The Morgan fingerprint density at radius 2 is 1.77 bits per heavy atom. The van der Waals surface area contributed by atoms with Crippen molar-refractivity contribution >= 4 is 40.7 Å². The van der Waals surface area contributed by atoms with Gasteiger partial charge in [0.1, 0.15) is 5.82 Å². The third-order valence-corrected chi connectivity index (χ3v) is 4.60. The Labute approximate surface area is 163 Å². The molecule has 26 heavy (non-hydrogen) atoms. The lowest BCUT2D eigenvalue weighted by Gasteiger charge is -2.18. The van der Waals surface area contributed by atoms with Crippen LogP contribution in [0.3, 0.4) is 0 Å². The lowest BCUT2D eigenvalue weighted by Crippen LogP contribution is -2.23. The number of nitrogens with one attached hydrogen (secondary N) is 1. The molecule has 0 amide bonds. The van der Waals surface area contributed by atoms with Gasteiger partial charge in [0.25, 0.3) is 0 Å². The van der Waals surface area contributed by atoms with E-state index in [1.807, 2.05) is 43.1 Å². The number of aryl methyl sites for hydroxylation is 1. The predicted octanol–water partition coefficient (Wildman–Crippen LogP) is 4.91. The Kier molecular flexibility index (Phi) is 5.91. The molecule has 0 spiro atoms. The molecule has 0 aliphatic heterocycles. The van der Waals surface area contributed by atoms with Crippen molar-refractivity contribution < 1.29 is 0 Å². The van der Waals surface area contributed by atoms with Gasteiger partial charge in [0, 0.05) is 43.4 Å². The van der Waals surface area contributed by atoms with Crippen molar-refractivity contribution in [2.75, 3.05) is 23.8 Å². The van der Waals surface area contributed by atoms with E-state index >= 15 is 0 Å². The number of anilines is 3. The lowest BCUT2D eigenvalue weighted by molar-refractivity contribution is 0.833. The Hall–Kier alpha value is -2.37. The van der Waals surface area contributed by atoms with E-state index < -0.39 is 0 Å². The molecule has 0 aliphatic rings. The van der Waals surface area contributed by atoms with Gasteiger partial charge in [-0.3, -0.25) is 4.98 Å². The summed E-state index contributed by atoms with van der Waals surface area (Å²) in [6.07, 6.45) is 4.50. The van der Waals surface area contributed by atoms with Gasteiger partial charge in [0.05, 0.1) is 10.0 Å². The lowest BCUT2D eigenvalue weighted by atomic mass is 10.2. The normalized spacial score (nSPS) is 10.6. The zero-order valence-corrected chi connectivity index (χ0v) is 16.1. The first kappa shape index (κ1) is 18.4. The zero-order chi connectivity index (χ0) is 18.5. The van der Waals surface area contributed by atoms with E-state index in [0.717, 1.165) is 24.3 Å². The van der Waals surface area contributed by atoms with Crippen LogP contribution in [0.4, 0.5) is 17.5 Å². The molecule has 0 radical (unpaired) electrons. The second kappa shape index (κ2) is 8.34. The molecule has 3 rings (SSSR count). The maximum Gasteiger partial charge on any atom is 0.227 e. The van der Waals surface area contributed by atoms with Crippen LogP contribution >= 0.6 is 23.2 Å². The van der Waals surface area contributed by atoms with E-state index in [2.05, 4.69) is 20.3 Å². The summed E-state index contributed by atoms with van der Waals surface area (Å²) in [5, 5.41) is 4.27. The molecular formula is C19H19Cl2N5. The molecule has 5 nitrogen and oxygen atoms in total. The number of benzene rings is 1. The maximum atomic E-state index is 6.08. The van der Waals surface area contributed by atoms with Gasteiger partial charge < -0.3 is 10.2 Å². The average Bonchev–Trinajstić information content (AvgIpc) is 2.63. The first-order valence-corrected chi connectivity index (χ1v) is 8.94. The van der Waals surface area contributed by atoms with Crippen LogP contribution in [0.25, 0.3) is 0 Å². The van der Waals surface area contributed by atoms with Crippen LogP contribution in [-0.4, -0.2) is 28.5 Å². The van der Waals surface area contributed by atoms with Crippen molar-refractivity contribution in [2.24, 2.45) is 0 Å². The minimum absolute atomic E-state index is 0.497. The molecule has 0 bridgehead atoms. The smallest absolute Gasteiger partial charge is 0.227 e. The van der Waals surface area contributed by atoms with E-state index in [0.29, 0.717) is 21.8 Å². The highest BCUT2D eigenvalue weighted by Gasteiger charge is 2.09. The fourth-order valence-electron chi connectivity index (χ4n) is 2.46. The van der Waals surface area contributed by atoms with Crippen molar-refractivity contribution in [2.45, 2.75) is 13.3 Å². The Morgan fingerprint density at radius 1 is 1.00 bits per heavy atom. The van der Waals surface area contributed by atoms with Gasteiger partial charge in [0.2, 0.25) is 5.95 Å². The van der Waals surface area contributed by atoms with E-state index in [-0.39, 0.29) is 0 Å². The Bertz CT molecular complexity index is 886. The largest absolute Gasteiger partial charge is 0.343 e. The Morgan fingerprint density at radius 3 is 2.50 bits per heavy atom. The third kappa shape index (κ3) is 4.84. The fourth-order valence-corrected chi connectivity index (χ4v) is 2.75. The van der Waals surface area contributed by atoms with E-state index in [1.54, 1.807) is 24.5 Å². The molecule has 2 heterocycles. The molecule has 0 atom stereocenters. The second-order valence-corrected chi connectivity index (χ2v) is 6.79. The van der Waals surface area contributed by atoms with Crippen LogP contribution < -0.4 is 10.2 Å². The molecular weight excluding hydrogens is 369 g/mol. The topological polar surface area (TPSA) is 53.9 Å². The molecule has 1 N–H and O–H groups in total. The number of aromatic nitrogens is 3. The molecule has 134 valence electrons. The van der Waals surface area contributed by atoms with Crippen molar-refractivity contribution in [3.63, 3.8) is 0 Å². The number of likely N-dealkylation sites (N-methyl/N-ethyl adjacent to an activating group) is 1. The van der Waals surface area contributed by atoms with Gasteiger partial charge in [0.15, 0.2) is 0 Å². The van der Waals surface area contributed by atoms with Crippen LogP contribution in [0.5, 0.6) is 0 Å². The van der Waals surface area contributed by atoms with E-state index in [1.165, 1.54) is 5.56 Å². The SMILES string of the molecule is Cc1cc(Nc2ccc(Cl)c(Cl)c2)nc(N(C)CCc2ccncc2)n1. The standard InChI is InChI=1S/C19H19Cl2N5/c1-13-11-18(24-15-3-4-16(20)17(21)12-15)25-19(23-13)26(2)10-7-14-5-8-22-9-6-14/h3-6,8-9,11-12H,7,10H2,1-2H3,(H,23,24,25). The summed E-state index contributed by atoms with van der Waals surface area (Å²) in [6.45, 7) is 2.75. The van der Waals surface area contributed by atoms with Crippen LogP contribution in [0.15, 0.2) is 48.8 Å². The number of hydrogen-bond donors (Lipinski definition) is 1. The van der Waals surface area contributed by atoms with Crippen molar-refractivity contribution in [1.82, 2.24) is 15.0 Å². The van der Waals surface area contributed by atoms with E-state index in [9.17, 15) is 0 Å². The minimum atomic E-state index is 0.497. The van der Waals surface area contributed by atoms with Gasteiger partial charge >= 0.3 is 0 Å². The molecule has 3 aromatic rings. The molecule has 2 aromatic heterocycles. The number of nitrogens with zero attached hydrogens (tertiary/aromatic N) is 4. The minimum Gasteiger partial charge on any atom is -0.343 e. The second-order valence-electron chi connectivity index (χ2n) is 5.98. The van der Waals surface area contributed by atoms with Crippen molar-refractivity contribution in [3.8, 4) is 0 Å². The summed E-state index contributed by atoms with van der Waals surface area (Å²) < 4.78 is 0. The third-order valence-electron chi connectivity index (χ3n) is 3.86. The summed E-state index contributed by atoms with van der Waals surface area (Å²) in [7, 11) is 1.99. The predicted molar refractivity (Wildman–Crippen MR) is 108 cm³/mol. The highest BCUT2D eigenvalue weighted by Crippen LogP contribution is 2.27. The van der Waals surface area contributed by atoms with Gasteiger partial charge in [-0.2, -0.15) is 4.98 Å². The van der Waals surface area contributed by atoms with Gasteiger partial charge in [-0.1, -0.05) is 23.2 Å². The fraction of sp³-hybridized carbons (Fsp3) is 0.211. The van der Waals surface area contributed by atoms with Gasteiger partial charge in [-0.05, 0) is 49.2 Å². The Balaban J connectivity index is 1.73. The van der Waals surface area contributed by atoms with Crippen LogP contribution in [0.2, 0.25) is 10.0 Å². The highest BCUT2D eigenvalue weighted by molar-refractivity contribution is 6.42. The van der Waals surface area contributed by atoms with Crippen LogP contribution in [0, 0.1) is 6.92 Å². The molecule has 0 aliphatic carbocycles. The van der Waals surface area contributed by atoms with Gasteiger partial charge in [-0.25, -0.2) is 4.98 Å². The van der Waals surface area contributed by atoms with Crippen LogP contribution in [0.1, 0.15) is 11.3 Å². The first-order valence-electron chi connectivity index (χ1n) is 8.19. The molecule has 0 saturated carbocycles. The molecule has 0 unspecified atom stereocenters.